The summed E-state index contributed by atoms with van der Waals surface area (Å²) in [4.78, 5) is 21.5. The van der Waals surface area contributed by atoms with E-state index < -0.39 is 11.7 Å². The number of aromatic nitrogens is 5. The van der Waals surface area contributed by atoms with Crippen LogP contribution in [0.1, 0.15) is 29.8 Å². The minimum absolute atomic E-state index is 0.0145. The Hall–Kier alpha value is -4.20. The summed E-state index contributed by atoms with van der Waals surface area (Å²) in [7, 11) is 0. The first-order chi connectivity index (χ1) is 16.5. The smallest absolute Gasteiger partial charge is 0.254 e. The number of hydrogen-bond acceptors (Lipinski definition) is 5. The Morgan fingerprint density at radius 3 is 2.76 bits per heavy atom. The number of benzene rings is 2. The third kappa shape index (κ3) is 4.22. The Labute approximate surface area is 195 Å². The van der Waals surface area contributed by atoms with Crippen molar-refractivity contribution in [2.45, 2.75) is 20.4 Å². The predicted molar refractivity (Wildman–Crippen MR) is 129 cm³/mol. The summed E-state index contributed by atoms with van der Waals surface area (Å²) in [6, 6.07) is 18.0. The molecule has 2 aromatic carbocycles. The van der Waals surface area contributed by atoms with Gasteiger partial charge in [-0.05, 0) is 41.8 Å². The molecule has 1 amide bonds. The van der Waals surface area contributed by atoms with Gasteiger partial charge in [-0.1, -0.05) is 49.4 Å². The van der Waals surface area contributed by atoms with E-state index in [1.54, 1.807) is 23.0 Å². The second kappa shape index (κ2) is 8.97. The lowest BCUT2D eigenvalue weighted by atomic mass is 10.1. The van der Waals surface area contributed by atoms with Crippen molar-refractivity contribution in [3.8, 4) is 11.3 Å². The number of carbonyl (C=O) groups excluding carboxylic acids is 1. The minimum atomic E-state index is -0.589. The topological polar surface area (TPSA) is 85.6 Å². The highest BCUT2D eigenvalue weighted by Gasteiger charge is 2.15. The maximum atomic E-state index is 14.8. The van der Waals surface area contributed by atoms with Crippen LogP contribution in [0.2, 0.25) is 0 Å². The van der Waals surface area contributed by atoms with Crippen molar-refractivity contribution in [2.75, 3.05) is 6.54 Å². The van der Waals surface area contributed by atoms with Crippen molar-refractivity contribution < 1.29 is 9.18 Å². The number of pyridine rings is 2. The van der Waals surface area contributed by atoms with E-state index in [2.05, 4.69) is 20.6 Å². The highest BCUT2D eigenvalue weighted by atomic mass is 19.1. The van der Waals surface area contributed by atoms with Gasteiger partial charge in [0.1, 0.15) is 11.3 Å². The Morgan fingerprint density at radius 2 is 1.94 bits per heavy atom. The van der Waals surface area contributed by atoms with Crippen LogP contribution in [0.3, 0.4) is 0 Å². The van der Waals surface area contributed by atoms with Crippen LogP contribution in [0.4, 0.5) is 4.39 Å². The van der Waals surface area contributed by atoms with Crippen LogP contribution < -0.4 is 5.32 Å². The lowest BCUT2D eigenvalue weighted by Gasteiger charge is -2.10. The summed E-state index contributed by atoms with van der Waals surface area (Å²) in [6.45, 7) is 4.90. The first kappa shape index (κ1) is 21.6. The summed E-state index contributed by atoms with van der Waals surface area (Å²) in [6.07, 6.45) is 1.77. The van der Waals surface area contributed by atoms with Crippen molar-refractivity contribution in [3.05, 3.63) is 83.8 Å². The van der Waals surface area contributed by atoms with Gasteiger partial charge in [0.05, 0.1) is 23.3 Å². The SMILES string of the molecule is CC(C)CNC(=O)c1ccc(-c2ccc3nnn(Cc4cccc5cccnc45)c3n2)cc1F. The number of carbonyl (C=O) groups is 1. The molecular weight excluding hydrogens is 431 g/mol. The van der Waals surface area contributed by atoms with E-state index >= 15 is 0 Å². The molecule has 0 aliphatic rings. The summed E-state index contributed by atoms with van der Waals surface area (Å²) < 4.78 is 16.5. The van der Waals surface area contributed by atoms with Gasteiger partial charge < -0.3 is 5.32 Å². The van der Waals surface area contributed by atoms with E-state index in [0.29, 0.717) is 35.5 Å². The quantitative estimate of drug-likeness (QED) is 0.405. The lowest BCUT2D eigenvalue weighted by molar-refractivity contribution is 0.0945. The highest BCUT2D eigenvalue weighted by Crippen LogP contribution is 2.24. The Morgan fingerprint density at radius 1 is 1.09 bits per heavy atom. The van der Waals surface area contributed by atoms with Gasteiger partial charge in [-0.3, -0.25) is 9.78 Å². The van der Waals surface area contributed by atoms with E-state index in [4.69, 9.17) is 4.98 Å². The second-order valence-electron chi connectivity index (χ2n) is 8.58. The zero-order chi connectivity index (χ0) is 23.7. The molecular formula is C26H23FN6O. The van der Waals surface area contributed by atoms with Crippen LogP contribution in [-0.2, 0) is 6.54 Å². The van der Waals surface area contributed by atoms with Crippen LogP contribution in [0.15, 0.2) is 66.9 Å². The molecule has 1 N–H and O–H groups in total. The van der Waals surface area contributed by atoms with Crippen molar-refractivity contribution in [1.29, 1.82) is 0 Å². The van der Waals surface area contributed by atoms with Crippen LogP contribution in [-0.4, -0.2) is 37.4 Å². The van der Waals surface area contributed by atoms with Crippen LogP contribution in [0, 0.1) is 11.7 Å². The highest BCUT2D eigenvalue weighted by molar-refractivity contribution is 5.95. The van der Waals surface area contributed by atoms with Crippen LogP contribution in [0.25, 0.3) is 33.3 Å². The molecule has 5 aromatic rings. The maximum Gasteiger partial charge on any atom is 0.254 e. The van der Waals surface area contributed by atoms with Crippen molar-refractivity contribution in [3.63, 3.8) is 0 Å². The monoisotopic (exact) mass is 454 g/mol. The zero-order valence-corrected chi connectivity index (χ0v) is 18.9. The van der Waals surface area contributed by atoms with E-state index in [1.807, 2.05) is 50.2 Å². The molecule has 5 rings (SSSR count). The Kier molecular flexibility index (Phi) is 5.71. The van der Waals surface area contributed by atoms with Gasteiger partial charge in [0, 0.05) is 23.7 Å². The second-order valence-corrected chi connectivity index (χ2v) is 8.58. The first-order valence-electron chi connectivity index (χ1n) is 11.1. The molecule has 0 saturated heterocycles. The van der Waals surface area contributed by atoms with Gasteiger partial charge in [0.15, 0.2) is 5.65 Å². The molecule has 3 aromatic heterocycles. The summed E-state index contributed by atoms with van der Waals surface area (Å²) >= 11 is 0. The Balaban J connectivity index is 1.46. The average molecular weight is 455 g/mol. The molecule has 0 radical (unpaired) electrons. The van der Waals surface area contributed by atoms with Crippen molar-refractivity contribution in [1.82, 2.24) is 30.3 Å². The van der Waals surface area contributed by atoms with E-state index in [1.165, 1.54) is 12.1 Å². The summed E-state index contributed by atoms with van der Waals surface area (Å²) in [5, 5.41) is 12.3. The predicted octanol–water partition coefficient (Wildman–Crippen LogP) is 4.61. The van der Waals surface area contributed by atoms with Crippen molar-refractivity contribution >= 4 is 28.0 Å². The summed E-state index contributed by atoms with van der Waals surface area (Å²) in [5.41, 5.74) is 4.28. The molecule has 170 valence electrons. The fourth-order valence-corrected chi connectivity index (χ4v) is 3.83. The molecule has 8 heteroatoms. The van der Waals surface area contributed by atoms with Gasteiger partial charge >= 0.3 is 0 Å². The molecule has 0 bridgehead atoms. The van der Waals surface area contributed by atoms with Gasteiger partial charge in [0.25, 0.3) is 5.91 Å². The van der Waals surface area contributed by atoms with Crippen LogP contribution >= 0.6 is 0 Å². The number of amides is 1. The van der Waals surface area contributed by atoms with E-state index in [0.717, 1.165) is 16.5 Å². The molecule has 0 aliphatic heterocycles. The van der Waals surface area contributed by atoms with Crippen molar-refractivity contribution in [2.24, 2.45) is 5.92 Å². The van der Waals surface area contributed by atoms with Gasteiger partial charge in [-0.25, -0.2) is 14.1 Å². The normalized spacial score (nSPS) is 11.4. The third-order valence-electron chi connectivity index (χ3n) is 5.58. The van der Waals surface area contributed by atoms with E-state index in [9.17, 15) is 9.18 Å². The number of para-hydroxylation sites is 1. The molecule has 3 heterocycles. The first-order valence-corrected chi connectivity index (χ1v) is 11.1. The van der Waals surface area contributed by atoms with Gasteiger partial charge in [0.2, 0.25) is 0 Å². The number of nitrogens with one attached hydrogen (secondary N) is 1. The lowest BCUT2D eigenvalue weighted by Crippen LogP contribution is -2.28. The number of nitrogens with zero attached hydrogens (tertiary/aromatic N) is 5. The fraction of sp³-hybridized carbons (Fsp3) is 0.192. The number of rotatable bonds is 6. The molecule has 0 unspecified atom stereocenters. The average Bonchev–Trinajstić information content (AvgIpc) is 3.24. The zero-order valence-electron chi connectivity index (χ0n) is 18.9. The molecule has 0 fully saturated rings. The van der Waals surface area contributed by atoms with E-state index in [-0.39, 0.29) is 11.5 Å². The Bertz CT molecular complexity index is 1510. The fourth-order valence-electron chi connectivity index (χ4n) is 3.83. The molecule has 0 aliphatic carbocycles. The number of fused-ring (bicyclic) bond motifs is 2. The summed E-state index contributed by atoms with van der Waals surface area (Å²) in [5.74, 6) is -0.730. The minimum Gasteiger partial charge on any atom is -0.352 e. The number of halogens is 1. The third-order valence-corrected chi connectivity index (χ3v) is 5.58. The molecule has 0 atom stereocenters. The standard InChI is InChI=1S/C26H23FN6O/c1-16(2)14-29-26(34)20-9-8-18(13-21(20)27)22-10-11-23-25(30-22)33(32-31-23)15-19-6-3-5-17-7-4-12-28-24(17)19/h3-13,16H,14-15H2,1-2H3,(H,29,34). The van der Waals surface area contributed by atoms with Crippen LogP contribution in [0.5, 0.6) is 0 Å². The molecule has 0 saturated carbocycles. The number of hydrogen-bond donors (Lipinski definition) is 1. The van der Waals surface area contributed by atoms with Gasteiger partial charge in [-0.2, -0.15) is 0 Å². The maximum absolute atomic E-state index is 14.8. The molecule has 0 spiro atoms. The molecule has 34 heavy (non-hydrogen) atoms. The largest absolute Gasteiger partial charge is 0.352 e. The molecule has 7 nitrogen and oxygen atoms in total. The van der Waals surface area contributed by atoms with Gasteiger partial charge in [-0.15, -0.1) is 5.10 Å².